The van der Waals surface area contributed by atoms with E-state index in [9.17, 15) is 24.3 Å². The Bertz CT molecular complexity index is 938. The highest BCUT2D eigenvalue weighted by molar-refractivity contribution is 5.93. The molecule has 0 aromatic heterocycles. The number of rotatable bonds is 7. The first-order valence-electron chi connectivity index (χ1n) is 13.3. The van der Waals surface area contributed by atoms with Gasteiger partial charge in [0.1, 0.15) is 0 Å². The van der Waals surface area contributed by atoms with Crippen molar-refractivity contribution in [1.82, 2.24) is 0 Å². The van der Waals surface area contributed by atoms with Crippen molar-refractivity contribution in [2.75, 3.05) is 6.61 Å². The van der Waals surface area contributed by atoms with Gasteiger partial charge in [-0.05, 0) is 74.2 Å². The number of ether oxygens (including phenoxy) is 2. The van der Waals surface area contributed by atoms with Gasteiger partial charge in [0.25, 0.3) is 0 Å². The highest BCUT2D eigenvalue weighted by Crippen LogP contribution is 2.68. The van der Waals surface area contributed by atoms with Crippen molar-refractivity contribution in [3.8, 4) is 0 Å². The molecule has 0 bridgehead atoms. The van der Waals surface area contributed by atoms with E-state index >= 15 is 0 Å². The minimum absolute atomic E-state index is 0.00356. The van der Waals surface area contributed by atoms with Crippen LogP contribution in [0.15, 0.2) is 11.6 Å². The van der Waals surface area contributed by atoms with E-state index in [1.54, 1.807) is 13.0 Å². The SMILES string of the molecule is CCCC(=O)O[C@@]1(C(=O)COC(=O)CC)CC[C@H]2[C@@H]3CCC4=CC(=O)CC[C@@]4(C)[C@H]3[C@@H](O)C[C@]21C. The third-order valence-corrected chi connectivity index (χ3v) is 9.86. The second-order valence-electron chi connectivity index (χ2n) is 11.6. The fourth-order valence-electron chi connectivity index (χ4n) is 8.17. The maximum absolute atomic E-state index is 13.7. The average Bonchev–Trinajstić information content (AvgIpc) is 3.09. The van der Waals surface area contributed by atoms with Gasteiger partial charge in [0.2, 0.25) is 5.78 Å². The lowest BCUT2D eigenvalue weighted by atomic mass is 9.45. The minimum Gasteiger partial charge on any atom is -0.457 e. The molecule has 7 nitrogen and oxygen atoms in total. The van der Waals surface area contributed by atoms with Crippen molar-refractivity contribution < 1.29 is 33.8 Å². The largest absolute Gasteiger partial charge is 0.457 e. The predicted molar refractivity (Wildman–Crippen MR) is 128 cm³/mol. The second kappa shape index (κ2) is 9.45. The standard InChI is InChI=1S/C28H40O7/c1-5-7-24(33)35-28(22(31)16-34-23(32)6-2)13-11-20-19-9-8-17-14-18(29)10-12-26(17,3)25(19)21(30)15-27(20,28)4/h14,19-21,25,30H,5-13,15-16H2,1-4H3/t19-,20-,21-,25+,26+,27+,28+/m0/s1. The van der Waals surface area contributed by atoms with Crippen molar-refractivity contribution in [3.63, 3.8) is 0 Å². The molecule has 0 radical (unpaired) electrons. The summed E-state index contributed by atoms with van der Waals surface area (Å²) < 4.78 is 11.3. The highest BCUT2D eigenvalue weighted by atomic mass is 16.6. The van der Waals surface area contributed by atoms with Crippen molar-refractivity contribution in [2.24, 2.45) is 28.6 Å². The van der Waals surface area contributed by atoms with Crippen molar-refractivity contribution in [3.05, 3.63) is 11.6 Å². The highest BCUT2D eigenvalue weighted by Gasteiger charge is 2.70. The van der Waals surface area contributed by atoms with Crippen molar-refractivity contribution >= 4 is 23.5 Å². The number of fused-ring (bicyclic) bond motifs is 5. The van der Waals surface area contributed by atoms with Crippen LogP contribution in [0.5, 0.6) is 0 Å². The summed E-state index contributed by atoms with van der Waals surface area (Å²) in [6, 6.07) is 0. The summed E-state index contributed by atoms with van der Waals surface area (Å²) in [4.78, 5) is 50.4. The molecular weight excluding hydrogens is 448 g/mol. The van der Waals surface area contributed by atoms with Crippen LogP contribution in [-0.2, 0) is 28.7 Å². The molecule has 3 saturated carbocycles. The molecular formula is C28H40O7. The topological polar surface area (TPSA) is 107 Å². The summed E-state index contributed by atoms with van der Waals surface area (Å²) in [6.07, 6.45) is 6.41. The van der Waals surface area contributed by atoms with Crippen LogP contribution < -0.4 is 0 Å². The van der Waals surface area contributed by atoms with Crippen molar-refractivity contribution in [2.45, 2.75) is 104 Å². The van der Waals surface area contributed by atoms with Crippen LogP contribution >= 0.6 is 0 Å². The van der Waals surface area contributed by atoms with Crippen LogP contribution in [0.25, 0.3) is 0 Å². The Labute approximate surface area is 208 Å². The molecule has 0 saturated heterocycles. The van der Waals surface area contributed by atoms with Crippen LogP contribution in [0.3, 0.4) is 0 Å². The quantitative estimate of drug-likeness (QED) is 0.538. The Kier molecular flexibility index (Phi) is 7.04. The predicted octanol–water partition coefficient (Wildman–Crippen LogP) is 4.09. The van der Waals surface area contributed by atoms with Gasteiger partial charge in [-0.15, -0.1) is 0 Å². The van der Waals surface area contributed by atoms with Crippen molar-refractivity contribution in [1.29, 1.82) is 0 Å². The lowest BCUT2D eigenvalue weighted by Gasteiger charge is -2.60. The Morgan fingerprint density at radius 3 is 2.51 bits per heavy atom. The van der Waals surface area contributed by atoms with Gasteiger partial charge < -0.3 is 14.6 Å². The average molecular weight is 489 g/mol. The summed E-state index contributed by atoms with van der Waals surface area (Å²) in [5, 5.41) is 11.6. The smallest absolute Gasteiger partial charge is 0.306 e. The van der Waals surface area contributed by atoms with Gasteiger partial charge in [-0.25, -0.2) is 0 Å². The molecule has 7 atom stereocenters. The van der Waals surface area contributed by atoms with Crippen LogP contribution in [0.2, 0.25) is 0 Å². The lowest BCUT2D eigenvalue weighted by Crippen LogP contribution is -2.63. The van der Waals surface area contributed by atoms with Crippen LogP contribution in [0.1, 0.15) is 91.9 Å². The number of allylic oxidation sites excluding steroid dienone is 1. The monoisotopic (exact) mass is 488 g/mol. The zero-order valence-electron chi connectivity index (χ0n) is 21.6. The van der Waals surface area contributed by atoms with Gasteiger partial charge in [-0.1, -0.05) is 33.3 Å². The molecule has 0 amide bonds. The number of hydrogen-bond acceptors (Lipinski definition) is 7. The second-order valence-corrected chi connectivity index (χ2v) is 11.6. The van der Waals surface area contributed by atoms with E-state index in [0.717, 1.165) is 24.8 Å². The molecule has 7 heteroatoms. The molecule has 0 spiro atoms. The molecule has 0 aromatic rings. The maximum Gasteiger partial charge on any atom is 0.306 e. The Morgan fingerprint density at radius 2 is 1.83 bits per heavy atom. The number of esters is 2. The van der Waals surface area contributed by atoms with E-state index in [4.69, 9.17) is 9.47 Å². The minimum atomic E-state index is -1.41. The van der Waals surface area contributed by atoms with Crippen LogP contribution in [0, 0.1) is 28.6 Å². The van der Waals surface area contributed by atoms with Gasteiger partial charge in [-0.2, -0.15) is 0 Å². The van der Waals surface area contributed by atoms with E-state index in [0.29, 0.717) is 32.1 Å². The fraction of sp³-hybridized carbons (Fsp3) is 0.786. The Balaban J connectivity index is 1.70. The third kappa shape index (κ3) is 4.08. The third-order valence-electron chi connectivity index (χ3n) is 9.86. The normalized spacial score (nSPS) is 40.1. The number of carbonyl (C=O) groups is 4. The number of ketones is 2. The molecule has 0 heterocycles. The summed E-state index contributed by atoms with van der Waals surface area (Å²) >= 11 is 0. The van der Waals surface area contributed by atoms with Gasteiger partial charge in [0.15, 0.2) is 18.0 Å². The van der Waals surface area contributed by atoms with Gasteiger partial charge in [0, 0.05) is 24.7 Å². The molecule has 0 unspecified atom stereocenters. The maximum atomic E-state index is 13.7. The number of Topliss-reactive ketones (excluding diaryl/α,β-unsaturated/α-hetero) is 1. The molecule has 4 aliphatic rings. The molecule has 4 rings (SSSR count). The van der Waals surface area contributed by atoms with Gasteiger partial charge >= 0.3 is 11.9 Å². The van der Waals surface area contributed by atoms with E-state index in [2.05, 4.69) is 6.92 Å². The first kappa shape index (κ1) is 26.1. The summed E-state index contributed by atoms with van der Waals surface area (Å²) in [5.74, 6) is -0.852. The summed E-state index contributed by atoms with van der Waals surface area (Å²) in [5.41, 5.74) is -1.25. The van der Waals surface area contributed by atoms with E-state index in [-0.39, 0.29) is 47.6 Å². The molecule has 0 aromatic carbocycles. The number of hydrogen-bond donors (Lipinski definition) is 1. The molecule has 4 aliphatic carbocycles. The number of aliphatic hydroxyl groups is 1. The summed E-state index contributed by atoms with van der Waals surface area (Å²) in [7, 11) is 0. The van der Waals surface area contributed by atoms with E-state index in [1.165, 1.54) is 0 Å². The van der Waals surface area contributed by atoms with Gasteiger partial charge in [-0.3, -0.25) is 19.2 Å². The van der Waals surface area contributed by atoms with E-state index < -0.39 is 35.7 Å². The lowest BCUT2D eigenvalue weighted by molar-refractivity contribution is -0.203. The van der Waals surface area contributed by atoms with Crippen LogP contribution in [-0.4, -0.2) is 46.9 Å². The number of aliphatic hydroxyl groups excluding tert-OH is 1. The molecule has 3 fully saturated rings. The molecule has 0 aliphatic heterocycles. The molecule has 1 N–H and O–H groups in total. The molecule has 35 heavy (non-hydrogen) atoms. The van der Waals surface area contributed by atoms with Crippen LogP contribution in [0.4, 0.5) is 0 Å². The fourth-order valence-corrected chi connectivity index (χ4v) is 8.17. The first-order chi connectivity index (χ1) is 16.5. The molecule has 194 valence electrons. The number of carbonyl (C=O) groups excluding carboxylic acids is 4. The summed E-state index contributed by atoms with van der Waals surface area (Å²) in [6.45, 7) is 7.30. The Morgan fingerprint density at radius 1 is 1.09 bits per heavy atom. The van der Waals surface area contributed by atoms with Gasteiger partial charge in [0.05, 0.1) is 6.10 Å². The van der Waals surface area contributed by atoms with E-state index in [1.807, 2.05) is 13.8 Å². The zero-order valence-corrected chi connectivity index (χ0v) is 21.6. The first-order valence-corrected chi connectivity index (χ1v) is 13.3. The Hall–Kier alpha value is -2.02. The zero-order chi connectivity index (χ0) is 25.6.